The van der Waals surface area contributed by atoms with Crippen molar-refractivity contribution in [2.45, 2.75) is 31.8 Å². The average Bonchev–Trinajstić information content (AvgIpc) is 2.11. The van der Waals surface area contributed by atoms with Gasteiger partial charge < -0.3 is 26.4 Å². The Morgan fingerprint density at radius 2 is 1.53 bits per heavy atom. The molecule has 15 heavy (non-hydrogen) atoms. The van der Waals surface area contributed by atoms with E-state index in [1.807, 2.05) is 20.8 Å². The molecule has 0 aliphatic heterocycles. The van der Waals surface area contributed by atoms with Crippen LogP contribution in [0.1, 0.15) is 20.8 Å². The molecule has 6 nitrogen and oxygen atoms in total. The van der Waals surface area contributed by atoms with Crippen LogP contribution in [0.4, 0.5) is 0 Å². The molecule has 0 saturated heterocycles. The van der Waals surface area contributed by atoms with E-state index in [9.17, 15) is 0 Å². The van der Waals surface area contributed by atoms with Crippen molar-refractivity contribution in [3.05, 3.63) is 0 Å². The number of hydrogen-bond acceptors (Lipinski definition) is 4. The molecule has 0 spiro atoms. The smallest absolute Gasteiger partial charge is 0.189 e. The van der Waals surface area contributed by atoms with Crippen molar-refractivity contribution >= 4 is 5.96 Å². The largest absolute Gasteiger partial charge is 0.394 e. The summed E-state index contributed by atoms with van der Waals surface area (Å²) in [5, 5.41) is 29.9. The minimum absolute atomic E-state index is 0.0830. The Morgan fingerprint density at radius 1 is 1.13 bits per heavy atom. The number of nitrogens with zero attached hydrogens (tertiary/aromatic N) is 1. The second-order valence-electron chi connectivity index (χ2n) is 4.57. The van der Waals surface area contributed by atoms with Crippen molar-refractivity contribution in [1.29, 1.82) is 0 Å². The van der Waals surface area contributed by atoms with Crippen molar-refractivity contribution in [1.82, 2.24) is 5.32 Å². The molecule has 0 unspecified atom stereocenters. The summed E-state index contributed by atoms with van der Waals surface area (Å²) < 4.78 is 0. The zero-order chi connectivity index (χ0) is 12.1. The Balaban J connectivity index is 4.69. The molecule has 0 rings (SSSR count). The Kier molecular flexibility index (Phi) is 4.99. The van der Waals surface area contributed by atoms with E-state index in [4.69, 9.17) is 21.1 Å². The topological polar surface area (TPSA) is 111 Å². The molecule has 90 valence electrons. The molecule has 0 radical (unpaired) electrons. The summed E-state index contributed by atoms with van der Waals surface area (Å²) in [6, 6.07) is 0. The van der Waals surface area contributed by atoms with Gasteiger partial charge in [-0.05, 0) is 20.8 Å². The number of nitrogens with two attached hydrogens (primary N) is 1. The molecule has 0 aliphatic rings. The van der Waals surface area contributed by atoms with Crippen molar-refractivity contribution in [3.8, 4) is 0 Å². The fourth-order valence-corrected chi connectivity index (χ4v) is 0.924. The highest BCUT2D eigenvalue weighted by Crippen LogP contribution is 2.08. The summed E-state index contributed by atoms with van der Waals surface area (Å²) in [4.78, 5) is 3.88. The number of nitrogens with one attached hydrogen (secondary N) is 1. The van der Waals surface area contributed by atoms with Gasteiger partial charge in [-0.3, -0.25) is 0 Å². The van der Waals surface area contributed by atoms with Gasteiger partial charge in [0.25, 0.3) is 0 Å². The van der Waals surface area contributed by atoms with Crippen molar-refractivity contribution in [2.24, 2.45) is 10.7 Å². The predicted octanol–water partition coefficient (Wildman–Crippen LogP) is -1.60. The van der Waals surface area contributed by atoms with E-state index in [1.54, 1.807) is 0 Å². The summed E-state index contributed by atoms with van der Waals surface area (Å²) in [6.07, 6.45) is 0. The van der Waals surface area contributed by atoms with E-state index >= 15 is 0 Å². The third-order valence-electron chi connectivity index (χ3n) is 1.74. The van der Waals surface area contributed by atoms with E-state index in [1.165, 1.54) is 0 Å². The van der Waals surface area contributed by atoms with Gasteiger partial charge in [-0.1, -0.05) is 0 Å². The van der Waals surface area contributed by atoms with Gasteiger partial charge in [0.05, 0.1) is 19.8 Å². The van der Waals surface area contributed by atoms with Crippen molar-refractivity contribution < 1.29 is 15.3 Å². The number of rotatable bonds is 4. The fraction of sp³-hybridized carbons (Fsp3) is 0.889. The van der Waals surface area contributed by atoms with Crippen molar-refractivity contribution in [2.75, 3.05) is 19.8 Å². The summed E-state index contributed by atoms with van der Waals surface area (Å²) in [6.45, 7) is 4.29. The summed E-state index contributed by atoms with van der Waals surface area (Å²) in [5.74, 6) is 0.0830. The van der Waals surface area contributed by atoms with Crippen LogP contribution in [0.3, 0.4) is 0 Å². The van der Waals surface area contributed by atoms with Crippen LogP contribution in [-0.2, 0) is 0 Å². The van der Waals surface area contributed by atoms with E-state index in [0.29, 0.717) is 0 Å². The first-order valence-corrected chi connectivity index (χ1v) is 4.75. The SMILES string of the molecule is CC(C)(C)NC(N)=NC(CO)(CO)CO. The lowest BCUT2D eigenvalue weighted by atomic mass is 10.1. The molecule has 6 heteroatoms. The highest BCUT2D eigenvalue weighted by molar-refractivity contribution is 5.79. The van der Waals surface area contributed by atoms with E-state index in [2.05, 4.69) is 10.3 Å². The number of hydrogen-bond donors (Lipinski definition) is 5. The monoisotopic (exact) mass is 219 g/mol. The molecule has 0 saturated carbocycles. The molecule has 0 bridgehead atoms. The second-order valence-corrected chi connectivity index (χ2v) is 4.57. The molecule has 0 aliphatic carbocycles. The van der Waals surface area contributed by atoms with Crippen LogP contribution in [0.25, 0.3) is 0 Å². The van der Waals surface area contributed by atoms with Gasteiger partial charge in [0.1, 0.15) is 5.54 Å². The minimum atomic E-state index is -1.32. The summed E-state index contributed by atoms with van der Waals surface area (Å²) >= 11 is 0. The third kappa shape index (κ3) is 4.96. The normalized spacial score (nSPS) is 14.1. The van der Waals surface area contributed by atoms with Crippen LogP contribution in [0.15, 0.2) is 4.99 Å². The maximum absolute atomic E-state index is 9.01. The average molecular weight is 219 g/mol. The van der Waals surface area contributed by atoms with Crippen LogP contribution >= 0.6 is 0 Å². The van der Waals surface area contributed by atoms with Crippen LogP contribution in [-0.4, -0.2) is 52.2 Å². The van der Waals surface area contributed by atoms with Crippen LogP contribution in [0, 0.1) is 0 Å². The Bertz CT molecular complexity index is 211. The maximum atomic E-state index is 9.01. The summed E-state index contributed by atoms with van der Waals surface area (Å²) in [5.41, 5.74) is 4.00. The predicted molar refractivity (Wildman–Crippen MR) is 58.5 cm³/mol. The molecular formula is C9H21N3O3. The van der Waals surface area contributed by atoms with Crippen LogP contribution in [0.2, 0.25) is 0 Å². The Labute approximate surface area is 89.8 Å². The minimum Gasteiger partial charge on any atom is -0.394 e. The first-order chi connectivity index (χ1) is 6.78. The van der Waals surface area contributed by atoms with Gasteiger partial charge in [-0.2, -0.15) is 0 Å². The lowest BCUT2D eigenvalue weighted by Crippen LogP contribution is -2.49. The number of guanidine groups is 1. The molecule has 0 fully saturated rings. The molecule has 0 aromatic carbocycles. The molecule has 6 N–H and O–H groups in total. The number of aliphatic imine (C=N–C) groups is 1. The molecule has 0 heterocycles. The van der Waals surface area contributed by atoms with Gasteiger partial charge in [-0.25, -0.2) is 4.99 Å². The molecule has 0 amide bonds. The number of aliphatic hydroxyl groups excluding tert-OH is 3. The zero-order valence-electron chi connectivity index (χ0n) is 9.49. The lowest BCUT2D eigenvalue weighted by Gasteiger charge is -2.26. The Hall–Kier alpha value is -0.850. The van der Waals surface area contributed by atoms with Gasteiger partial charge >= 0.3 is 0 Å². The van der Waals surface area contributed by atoms with E-state index in [0.717, 1.165) is 0 Å². The molecule has 0 atom stereocenters. The van der Waals surface area contributed by atoms with E-state index < -0.39 is 25.4 Å². The van der Waals surface area contributed by atoms with Gasteiger partial charge in [0, 0.05) is 5.54 Å². The van der Waals surface area contributed by atoms with Gasteiger partial charge in [0.2, 0.25) is 0 Å². The fourth-order valence-electron chi connectivity index (χ4n) is 0.924. The number of aliphatic hydroxyl groups is 3. The zero-order valence-corrected chi connectivity index (χ0v) is 9.49. The highest BCUT2D eigenvalue weighted by atomic mass is 16.3. The molecule has 0 aromatic heterocycles. The van der Waals surface area contributed by atoms with Gasteiger partial charge in [0.15, 0.2) is 5.96 Å². The molecule has 0 aromatic rings. The first-order valence-electron chi connectivity index (χ1n) is 4.75. The standard InChI is InChI=1S/C9H21N3O3/c1-8(2,3)11-7(10)12-9(4-13,5-14)6-15/h13-15H,4-6H2,1-3H3,(H3,10,11,12). The maximum Gasteiger partial charge on any atom is 0.189 e. The van der Waals surface area contributed by atoms with Crippen LogP contribution < -0.4 is 11.1 Å². The molecular weight excluding hydrogens is 198 g/mol. The quantitative estimate of drug-likeness (QED) is 0.289. The lowest BCUT2D eigenvalue weighted by molar-refractivity contribution is 0.0710. The van der Waals surface area contributed by atoms with Gasteiger partial charge in [-0.15, -0.1) is 0 Å². The first kappa shape index (κ1) is 14.2. The van der Waals surface area contributed by atoms with Crippen molar-refractivity contribution in [3.63, 3.8) is 0 Å². The summed E-state index contributed by atoms with van der Waals surface area (Å²) in [7, 11) is 0. The second kappa shape index (κ2) is 5.29. The highest BCUT2D eigenvalue weighted by Gasteiger charge is 2.28. The Morgan fingerprint density at radius 3 is 1.80 bits per heavy atom. The van der Waals surface area contributed by atoms with E-state index in [-0.39, 0.29) is 11.5 Å². The van der Waals surface area contributed by atoms with Crippen LogP contribution in [0.5, 0.6) is 0 Å². The third-order valence-corrected chi connectivity index (χ3v) is 1.74.